The van der Waals surface area contributed by atoms with Gasteiger partial charge in [0.25, 0.3) is 0 Å². The number of aromatic nitrogens is 3. The van der Waals surface area contributed by atoms with Crippen LogP contribution in [0.5, 0.6) is 0 Å². The van der Waals surface area contributed by atoms with E-state index in [1.165, 1.54) is 12.1 Å². The second-order valence-electron chi connectivity index (χ2n) is 7.03. The minimum atomic E-state index is -0.230. The second-order valence-corrected chi connectivity index (χ2v) is 7.84. The summed E-state index contributed by atoms with van der Waals surface area (Å²) in [6, 6.07) is 12.4. The lowest BCUT2D eigenvalue weighted by atomic mass is 9.94. The van der Waals surface area contributed by atoms with Crippen molar-refractivity contribution in [3.05, 3.63) is 69.7 Å². The van der Waals surface area contributed by atoms with Gasteiger partial charge < -0.3 is 4.57 Å². The number of halogens is 3. The van der Waals surface area contributed by atoms with Crippen LogP contribution in [0.4, 0.5) is 4.39 Å². The molecule has 6 heteroatoms. The molecule has 1 aromatic heterocycles. The molecule has 1 saturated carbocycles. The predicted octanol–water partition coefficient (Wildman–Crippen LogP) is 6.05. The Morgan fingerprint density at radius 2 is 1.69 bits per heavy atom. The van der Waals surface area contributed by atoms with Crippen LogP contribution in [0.15, 0.2) is 42.5 Å². The van der Waals surface area contributed by atoms with Crippen molar-refractivity contribution in [2.24, 2.45) is 0 Å². The Morgan fingerprint density at radius 3 is 2.27 bits per heavy atom. The Bertz CT molecular complexity index is 960. The maximum absolute atomic E-state index is 13.3. The van der Waals surface area contributed by atoms with Gasteiger partial charge in [0.15, 0.2) is 5.82 Å². The quantitative estimate of drug-likeness (QED) is 0.543. The van der Waals surface area contributed by atoms with Gasteiger partial charge >= 0.3 is 0 Å². The summed E-state index contributed by atoms with van der Waals surface area (Å²) in [6.45, 7) is 4.21. The first kappa shape index (κ1) is 17.5. The van der Waals surface area contributed by atoms with Crippen LogP contribution in [0.3, 0.4) is 0 Å². The summed E-state index contributed by atoms with van der Waals surface area (Å²) < 4.78 is 15.5. The first-order chi connectivity index (χ1) is 12.4. The fourth-order valence-electron chi connectivity index (χ4n) is 3.47. The van der Waals surface area contributed by atoms with Gasteiger partial charge in [0, 0.05) is 11.6 Å². The first-order valence-electron chi connectivity index (χ1n) is 8.59. The molecule has 0 atom stereocenters. The van der Waals surface area contributed by atoms with Crippen molar-refractivity contribution >= 4 is 23.2 Å². The molecule has 26 heavy (non-hydrogen) atoms. The normalized spacial score (nSPS) is 15.5. The minimum absolute atomic E-state index is 0.169. The number of rotatable bonds is 4. The summed E-state index contributed by atoms with van der Waals surface area (Å²) in [5.41, 5.74) is 1.76. The molecule has 0 radical (unpaired) electrons. The van der Waals surface area contributed by atoms with Crippen LogP contribution < -0.4 is 0 Å². The van der Waals surface area contributed by atoms with Crippen LogP contribution in [0.2, 0.25) is 10.0 Å². The predicted molar refractivity (Wildman–Crippen MR) is 102 cm³/mol. The number of benzene rings is 2. The third-order valence-corrected chi connectivity index (χ3v) is 5.70. The fraction of sp³-hybridized carbons (Fsp3) is 0.300. The van der Waals surface area contributed by atoms with Gasteiger partial charge in [-0.15, -0.1) is 10.2 Å². The SMILES string of the molecule is CC(C)n1c(-c2ccc(Cl)c(Cl)c2)nnc1C1(c2ccc(F)cc2)CC1. The molecule has 0 N–H and O–H groups in total. The largest absolute Gasteiger partial charge is 0.308 e. The number of nitrogens with zero attached hydrogens (tertiary/aromatic N) is 3. The fourth-order valence-corrected chi connectivity index (χ4v) is 3.77. The highest BCUT2D eigenvalue weighted by Gasteiger charge is 2.50. The van der Waals surface area contributed by atoms with E-state index in [0.717, 1.165) is 35.6 Å². The standard InChI is InChI=1S/C20H18Cl2FN3/c1-12(2)26-18(13-3-8-16(21)17(22)11-13)24-25-19(26)20(9-10-20)14-4-6-15(23)7-5-14/h3-8,11-12H,9-10H2,1-2H3. The second kappa shape index (κ2) is 6.36. The van der Waals surface area contributed by atoms with E-state index in [2.05, 4.69) is 28.6 Å². The van der Waals surface area contributed by atoms with Gasteiger partial charge in [-0.2, -0.15) is 0 Å². The van der Waals surface area contributed by atoms with Crippen molar-refractivity contribution in [1.29, 1.82) is 0 Å². The van der Waals surface area contributed by atoms with Crippen LogP contribution in [-0.4, -0.2) is 14.8 Å². The Hall–Kier alpha value is -1.91. The summed E-state index contributed by atoms with van der Waals surface area (Å²) in [4.78, 5) is 0. The van der Waals surface area contributed by atoms with E-state index in [-0.39, 0.29) is 17.3 Å². The maximum Gasteiger partial charge on any atom is 0.164 e. The summed E-state index contributed by atoms with van der Waals surface area (Å²) in [7, 11) is 0. The zero-order valence-corrected chi connectivity index (χ0v) is 16.0. The maximum atomic E-state index is 13.3. The van der Waals surface area contributed by atoms with Gasteiger partial charge in [0.1, 0.15) is 11.6 Å². The lowest BCUT2D eigenvalue weighted by Gasteiger charge is -2.20. The molecule has 0 saturated heterocycles. The highest BCUT2D eigenvalue weighted by atomic mass is 35.5. The molecular formula is C20H18Cl2FN3. The molecule has 3 nitrogen and oxygen atoms in total. The topological polar surface area (TPSA) is 30.7 Å². The van der Waals surface area contributed by atoms with Gasteiger partial charge in [-0.05, 0) is 62.6 Å². The zero-order chi connectivity index (χ0) is 18.5. The third-order valence-electron chi connectivity index (χ3n) is 4.96. The van der Waals surface area contributed by atoms with Crippen molar-refractivity contribution in [3.8, 4) is 11.4 Å². The lowest BCUT2D eigenvalue weighted by molar-refractivity contribution is 0.547. The van der Waals surface area contributed by atoms with E-state index in [9.17, 15) is 4.39 Å². The molecule has 0 unspecified atom stereocenters. The molecule has 0 aliphatic heterocycles. The summed E-state index contributed by atoms with van der Waals surface area (Å²) in [5, 5.41) is 10.0. The molecule has 0 spiro atoms. The molecule has 1 aliphatic carbocycles. The third kappa shape index (κ3) is 2.81. The molecule has 3 aromatic rings. The van der Waals surface area contributed by atoms with Gasteiger partial charge in [0.2, 0.25) is 0 Å². The molecule has 134 valence electrons. The van der Waals surface area contributed by atoms with Gasteiger partial charge in [-0.1, -0.05) is 35.3 Å². The molecular weight excluding hydrogens is 372 g/mol. The van der Waals surface area contributed by atoms with Gasteiger partial charge in [-0.3, -0.25) is 0 Å². The van der Waals surface area contributed by atoms with Crippen molar-refractivity contribution in [2.75, 3.05) is 0 Å². The van der Waals surface area contributed by atoms with Crippen LogP contribution in [0, 0.1) is 5.82 Å². The average molecular weight is 390 g/mol. The molecule has 1 heterocycles. The summed E-state index contributed by atoms with van der Waals surface area (Å²) >= 11 is 12.2. The van der Waals surface area contributed by atoms with Gasteiger partial charge in [0.05, 0.1) is 15.5 Å². The van der Waals surface area contributed by atoms with E-state index >= 15 is 0 Å². The monoisotopic (exact) mass is 389 g/mol. The lowest BCUT2D eigenvalue weighted by Crippen LogP contribution is -2.18. The Kier molecular flexibility index (Phi) is 4.28. The van der Waals surface area contributed by atoms with Crippen LogP contribution in [0.1, 0.15) is 44.1 Å². The van der Waals surface area contributed by atoms with E-state index < -0.39 is 0 Å². The molecule has 4 rings (SSSR count). The number of hydrogen-bond donors (Lipinski definition) is 0. The summed E-state index contributed by atoms with van der Waals surface area (Å²) in [6.07, 6.45) is 1.95. The summed E-state index contributed by atoms with van der Waals surface area (Å²) in [5.74, 6) is 1.45. The molecule has 2 aromatic carbocycles. The molecule has 0 bridgehead atoms. The Balaban J connectivity index is 1.84. The van der Waals surface area contributed by atoms with Crippen LogP contribution >= 0.6 is 23.2 Å². The first-order valence-corrected chi connectivity index (χ1v) is 9.35. The van der Waals surface area contributed by atoms with E-state index in [1.807, 2.05) is 24.3 Å². The Morgan fingerprint density at radius 1 is 1.00 bits per heavy atom. The highest BCUT2D eigenvalue weighted by Crippen LogP contribution is 2.53. The Labute approximate surface area is 161 Å². The van der Waals surface area contributed by atoms with Crippen LogP contribution in [-0.2, 0) is 5.41 Å². The van der Waals surface area contributed by atoms with Crippen molar-refractivity contribution in [3.63, 3.8) is 0 Å². The van der Waals surface area contributed by atoms with Crippen molar-refractivity contribution in [2.45, 2.75) is 38.1 Å². The van der Waals surface area contributed by atoms with Crippen molar-refractivity contribution < 1.29 is 4.39 Å². The minimum Gasteiger partial charge on any atom is -0.308 e. The zero-order valence-electron chi connectivity index (χ0n) is 14.5. The smallest absolute Gasteiger partial charge is 0.164 e. The van der Waals surface area contributed by atoms with E-state index in [1.54, 1.807) is 6.07 Å². The number of hydrogen-bond acceptors (Lipinski definition) is 2. The van der Waals surface area contributed by atoms with Crippen molar-refractivity contribution in [1.82, 2.24) is 14.8 Å². The van der Waals surface area contributed by atoms with E-state index in [4.69, 9.17) is 23.2 Å². The van der Waals surface area contributed by atoms with Gasteiger partial charge in [-0.25, -0.2) is 4.39 Å². The molecule has 1 fully saturated rings. The highest BCUT2D eigenvalue weighted by molar-refractivity contribution is 6.42. The van der Waals surface area contributed by atoms with Crippen LogP contribution in [0.25, 0.3) is 11.4 Å². The van der Waals surface area contributed by atoms with E-state index in [0.29, 0.717) is 10.0 Å². The molecule has 0 amide bonds. The average Bonchev–Trinajstić information content (AvgIpc) is 3.29. The molecule has 1 aliphatic rings.